The van der Waals surface area contributed by atoms with Gasteiger partial charge in [-0.2, -0.15) is 48.5 Å². The van der Waals surface area contributed by atoms with E-state index in [0.29, 0.717) is 5.92 Å². The molecule has 0 N–H and O–H groups in total. The molecule has 3 nitrogen and oxygen atoms in total. The molecule has 4 heteroatoms. The standard InChI is InChI=1S/C69H57N3.Pt/c1-42(2)49-28-29-70-66(38-49)68(62-34-45(5)18-24-56(62)57-25-19-46(6)35-63(57)68)52-14-10-12-50(39-52)67(60-32-43(3)16-22-54(60)55-23-17-44(4)33-61(55)67)51-13-11-15-53(40-51)69(72-31-30-71(9)41-72)64-36-47(7)20-26-58(64)59-27-21-48(8)37-65(59)69;/h10-38,42H,1-9H3;/q-2;. The summed E-state index contributed by atoms with van der Waals surface area (Å²) in [4.78, 5) is 5.42. The number of hydrogen-bond acceptors (Lipinski definition) is 1. The summed E-state index contributed by atoms with van der Waals surface area (Å²) in [7, 11) is 2.06. The van der Waals surface area contributed by atoms with Crippen molar-refractivity contribution in [2.45, 2.75) is 77.7 Å². The fraction of sp³-hybridized carbons (Fsp3) is 0.188. The first-order valence-corrected chi connectivity index (χ1v) is 25.5. The summed E-state index contributed by atoms with van der Waals surface area (Å²) in [6, 6.07) is 69.2. The number of aryl methyl sites for hydroxylation is 7. The number of nitrogens with zero attached hydrogens (tertiary/aromatic N) is 3. The minimum atomic E-state index is -0.831. The zero-order valence-corrected chi connectivity index (χ0v) is 45.3. The molecule has 0 radical (unpaired) electrons. The van der Waals surface area contributed by atoms with Crippen LogP contribution in [0.25, 0.3) is 33.4 Å². The smallest absolute Gasteiger partial charge is 0.204 e. The second kappa shape index (κ2) is 16.9. The van der Waals surface area contributed by atoms with Crippen molar-refractivity contribution < 1.29 is 25.6 Å². The first-order valence-electron chi connectivity index (χ1n) is 25.5. The van der Waals surface area contributed by atoms with Crippen LogP contribution >= 0.6 is 0 Å². The Labute approximate surface area is 445 Å². The van der Waals surface area contributed by atoms with Crippen LogP contribution in [-0.4, -0.2) is 9.55 Å². The topological polar surface area (TPSA) is 21.7 Å². The molecule has 0 atom stereocenters. The van der Waals surface area contributed by atoms with Gasteiger partial charge < -0.3 is 9.13 Å². The van der Waals surface area contributed by atoms with Crippen molar-refractivity contribution in [3.05, 3.63) is 295 Å². The molecule has 3 aliphatic rings. The molecular formula is C69H57N3Pt-2. The normalized spacial score (nSPS) is 14.7. The van der Waals surface area contributed by atoms with Gasteiger partial charge in [-0.05, 0) is 133 Å². The zero-order valence-electron chi connectivity index (χ0n) is 43.0. The van der Waals surface area contributed by atoms with Crippen LogP contribution in [0.5, 0.6) is 0 Å². The van der Waals surface area contributed by atoms with Crippen LogP contribution in [0.4, 0.5) is 0 Å². The van der Waals surface area contributed by atoms with E-state index in [0.717, 1.165) is 27.9 Å². The zero-order chi connectivity index (χ0) is 49.4. The van der Waals surface area contributed by atoms with Crippen LogP contribution in [-0.2, 0) is 44.5 Å². The van der Waals surface area contributed by atoms with Crippen molar-refractivity contribution in [1.29, 1.82) is 0 Å². The fourth-order valence-corrected chi connectivity index (χ4v) is 13.1. The summed E-state index contributed by atoms with van der Waals surface area (Å²) in [5.74, 6) is 0.320. The molecule has 0 spiro atoms. The first kappa shape index (κ1) is 46.9. The van der Waals surface area contributed by atoms with E-state index in [1.807, 2.05) is 10.8 Å². The fourth-order valence-electron chi connectivity index (χ4n) is 13.1. The van der Waals surface area contributed by atoms with Crippen LogP contribution in [0.15, 0.2) is 176 Å². The van der Waals surface area contributed by atoms with Gasteiger partial charge in [-0.3, -0.25) is 4.98 Å². The number of hydrogen-bond donors (Lipinski definition) is 0. The second-order valence-corrected chi connectivity index (χ2v) is 21.5. The average Bonchev–Trinajstić information content (AvgIpc) is 4.09. The van der Waals surface area contributed by atoms with Crippen LogP contribution in [0.1, 0.15) is 120 Å². The predicted molar refractivity (Wildman–Crippen MR) is 291 cm³/mol. The molecule has 0 unspecified atom stereocenters. The number of rotatable bonds is 7. The average molecular weight is 1120 g/mol. The van der Waals surface area contributed by atoms with Gasteiger partial charge in [0.25, 0.3) is 0 Å². The number of aromatic nitrogens is 3. The Morgan fingerprint density at radius 2 is 0.822 bits per heavy atom. The van der Waals surface area contributed by atoms with Gasteiger partial charge in [0.2, 0.25) is 6.33 Å². The molecule has 0 saturated heterocycles. The van der Waals surface area contributed by atoms with E-state index in [1.165, 1.54) is 106 Å². The number of fused-ring (bicyclic) bond motifs is 9. The molecular weight excluding hydrogens is 1070 g/mol. The van der Waals surface area contributed by atoms with Gasteiger partial charge >= 0.3 is 0 Å². The van der Waals surface area contributed by atoms with Gasteiger partial charge in [-0.25, -0.2) is 0 Å². The molecule has 2 aromatic heterocycles. The Hall–Kier alpha value is -7.19. The van der Waals surface area contributed by atoms with Crippen LogP contribution < -0.4 is 4.57 Å². The van der Waals surface area contributed by atoms with E-state index in [2.05, 4.69) is 256 Å². The van der Waals surface area contributed by atoms with Crippen molar-refractivity contribution in [2.24, 2.45) is 7.05 Å². The van der Waals surface area contributed by atoms with Crippen molar-refractivity contribution in [2.75, 3.05) is 0 Å². The Balaban J connectivity index is 0.00000543. The monoisotopic (exact) mass is 1120 g/mol. The van der Waals surface area contributed by atoms with E-state index in [1.54, 1.807) is 0 Å². The van der Waals surface area contributed by atoms with Gasteiger partial charge in [0.15, 0.2) is 0 Å². The Kier molecular flexibility index (Phi) is 10.9. The van der Waals surface area contributed by atoms with Gasteiger partial charge in [0.05, 0.1) is 18.2 Å². The molecule has 0 saturated carbocycles. The number of benzene rings is 8. The molecule has 73 heavy (non-hydrogen) atoms. The van der Waals surface area contributed by atoms with E-state index >= 15 is 0 Å². The van der Waals surface area contributed by atoms with Gasteiger partial charge in [-0.1, -0.05) is 156 Å². The Morgan fingerprint density at radius 3 is 1.23 bits per heavy atom. The maximum absolute atomic E-state index is 5.42. The minimum absolute atomic E-state index is 0. The molecule has 360 valence electrons. The van der Waals surface area contributed by atoms with E-state index in [-0.39, 0.29) is 21.1 Å². The number of imidazole rings is 1. The molecule has 8 aromatic carbocycles. The van der Waals surface area contributed by atoms with Crippen LogP contribution in [0, 0.1) is 60.0 Å². The summed E-state index contributed by atoms with van der Waals surface area (Å²) in [5.41, 5.74) is 26.3. The minimum Gasteiger partial charge on any atom is -0.354 e. The Bertz CT molecular complexity index is 3750. The number of pyridine rings is 1. The first-order chi connectivity index (χ1) is 34.8. The maximum atomic E-state index is 5.42. The molecule has 10 aromatic rings. The maximum Gasteiger partial charge on any atom is 0.204 e. The van der Waals surface area contributed by atoms with Crippen molar-refractivity contribution >= 4 is 0 Å². The van der Waals surface area contributed by atoms with Crippen molar-refractivity contribution in [3.8, 4) is 33.4 Å². The quantitative estimate of drug-likeness (QED) is 0.115. The SMILES string of the molecule is Cc1ccc2c(c1)C(c1[c-]c(C3(c4cc(C(C)C)ccn4)c4cc(C)ccc4-c4ccc(C)cc43)ccc1)(c1[c-]c(C3(n4[c-][n+](C)cc4)c4cc(C)ccc4-c4ccc(C)cc43)ccc1)c1cc(C)ccc1-2.[Pt]. The van der Waals surface area contributed by atoms with Crippen LogP contribution in [0.3, 0.4) is 0 Å². The molecule has 3 aliphatic carbocycles. The summed E-state index contributed by atoms with van der Waals surface area (Å²) in [5, 5.41) is 0. The predicted octanol–water partition coefficient (Wildman–Crippen LogP) is 14.6. The Morgan fingerprint density at radius 1 is 0.452 bits per heavy atom. The summed E-state index contributed by atoms with van der Waals surface area (Å²) >= 11 is 0. The third-order valence-electron chi connectivity index (χ3n) is 16.4. The molecule has 0 amide bonds. The van der Waals surface area contributed by atoms with Gasteiger partial charge in [-0.15, -0.1) is 22.3 Å². The van der Waals surface area contributed by atoms with E-state index in [4.69, 9.17) is 4.98 Å². The second-order valence-electron chi connectivity index (χ2n) is 21.5. The van der Waals surface area contributed by atoms with E-state index in [9.17, 15) is 0 Å². The summed E-state index contributed by atoms with van der Waals surface area (Å²) in [6.45, 7) is 17.9. The van der Waals surface area contributed by atoms with Gasteiger partial charge in [0, 0.05) is 43.8 Å². The van der Waals surface area contributed by atoms with Crippen molar-refractivity contribution in [3.63, 3.8) is 0 Å². The third-order valence-corrected chi connectivity index (χ3v) is 16.4. The molecule has 0 aliphatic heterocycles. The molecule has 0 fully saturated rings. The van der Waals surface area contributed by atoms with E-state index < -0.39 is 16.4 Å². The van der Waals surface area contributed by atoms with Crippen LogP contribution in [0.2, 0.25) is 0 Å². The largest absolute Gasteiger partial charge is 0.354 e. The summed E-state index contributed by atoms with van der Waals surface area (Å²) < 4.78 is 4.34. The summed E-state index contributed by atoms with van der Waals surface area (Å²) in [6.07, 6.45) is 10.1. The molecule has 0 bridgehead atoms. The van der Waals surface area contributed by atoms with Crippen molar-refractivity contribution in [1.82, 2.24) is 9.55 Å². The molecule has 13 rings (SSSR count). The molecule has 2 heterocycles. The third kappa shape index (κ3) is 6.53. The van der Waals surface area contributed by atoms with Gasteiger partial charge in [0.1, 0.15) is 5.54 Å².